The summed E-state index contributed by atoms with van der Waals surface area (Å²) in [6.07, 6.45) is 0.341. The van der Waals surface area contributed by atoms with Crippen LogP contribution in [0.25, 0.3) is 0 Å². The van der Waals surface area contributed by atoms with Gasteiger partial charge in [0.1, 0.15) is 6.54 Å². The summed E-state index contributed by atoms with van der Waals surface area (Å²) in [4.78, 5) is 41.1. The van der Waals surface area contributed by atoms with Gasteiger partial charge in [0.2, 0.25) is 18.2 Å². The van der Waals surface area contributed by atoms with E-state index < -0.39 is 5.97 Å². The molecule has 0 saturated heterocycles. The van der Waals surface area contributed by atoms with E-state index in [1.165, 1.54) is 13.8 Å². The minimum atomic E-state index is -1.04. The lowest BCUT2D eigenvalue weighted by molar-refractivity contribution is -0.136. The molecule has 0 aliphatic rings. The van der Waals surface area contributed by atoms with Gasteiger partial charge >= 0.3 is 5.97 Å². The molecule has 1 aromatic rings. The molecule has 0 heterocycles. The molecule has 3 amide bonds. The highest BCUT2D eigenvalue weighted by Gasteiger charge is 2.19. The Morgan fingerprint density at radius 1 is 1.08 bits per heavy atom. The number of hydrogen-bond acceptors (Lipinski definition) is 4. The summed E-state index contributed by atoms with van der Waals surface area (Å²) < 4.78 is 0. The smallest absolute Gasteiger partial charge is 0.322 e. The first kappa shape index (κ1) is 22.1. The van der Waals surface area contributed by atoms with Gasteiger partial charge in [0.25, 0.3) is 0 Å². The van der Waals surface area contributed by atoms with Crippen LogP contribution in [0.1, 0.15) is 40.2 Å². The molecule has 0 aliphatic carbocycles. The Balaban J connectivity index is 0.000000697. The number of benzene rings is 1. The van der Waals surface area contributed by atoms with Gasteiger partial charge in [-0.05, 0) is 23.1 Å². The SMILES string of the molecule is CC(=O)Nc1ccc(C(C)(C)C)c(NC(C)=O)c1.O=CNCC(=O)O. The minimum absolute atomic E-state index is 0.0768. The quantitative estimate of drug-likeness (QED) is 0.601. The molecule has 0 aliphatic heterocycles. The predicted molar refractivity (Wildman–Crippen MR) is 95.5 cm³/mol. The van der Waals surface area contributed by atoms with E-state index in [0.717, 1.165) is 11.3 Å². The lowest BCUT2D eigenvalue weighted by Gasteiger charge is -2.23. The second-order valence-electron chi connectivity index (χ2n) is 6.27. The fourth-order valence-corrected chi connectivity index (χ4v) is 1.90. The van der Waals surface area contributed by atoms with Gasteiger partial charge in [0, 0.05) is 25.2 Å². The van der Waals surface area contributed by atoms with Crippen LogP contribution in [0.15, 0.2) is 18.2 Å². The summed E-state index contributed by atoms with van der Waals surface area (Å²) in [7, 11) is 0. The topological polar surface area (TPSA) is 125 Å². The van der Waals surface area contributed by atoms with E-state index >= 15 is 0 Å². The van der Waals surface area contributed by atoms with Crippen molar-refractivity contribution in [1.82, 2.24) is 5.32 Å². The zero-order chi connectivity index (χ0) is 19.6. The number of carboxylic acid groups (broad SMARTS) is 1. The van der Waals surface area contributed by atoms with Crippen molar-refractivity contribution in [1.29, 1.82) is 0 Å². The molecule has 1 rings (SSSR count). The fourth-order valence-electron chi connectivity index (χ4n) is 1.90. The monoisotopic (exact) mass is 351 g/mol. The van der Waals surface area contributed by atoms with Gasteiger partial charge in [-0.3, -0.25) is 19.2 Å². The number of aliphatic carboxylic acids is 1. The first-order valence-electron chi connectivity index (χ1n) is 7.56. The van der Waals surface area contributed by atoms with E-state index in [1.807, 2.05) is 17.4 Å². The van der Waals surface area contributed by atoms with Crippen LogP contribution >= 0.6 is 0 Å². The number of nitrogens with one attached hydrogen (secondary N) is 3. The molecule has 1 aromatic carbocycles. The third kappa shape index (κ3) is 9.75. The van der Waals surface area contributed by atoms with Crippen molar-refractivity contribution >= 4 is 35.6 Å². The lowest BCUT2D eigenvalue weighted by Crippen LogP contribution is -2.20. The minimum Gasteiger partial charge on any atom is -0.480 e. The number of carboxylic acids is 1. The Bertz CT molecular complexity index is 636. The molecule has 0 atom stereocenters. The van der Waals surface area contributed by atoms with Crippen molar-refractivity contribution in [3.63, 3.8) is 0 Å². The van der Waals surface area contributed by atoms with Crippen molar-refractivity contribution in [2.24, 2.45) is 0 Å². The summed E-state index contributed by atoms with van der Waals surface area (Å²) in [6, 6.07) is 5.55. The molecule has 8 nitrogen and oxygen atoms in total. The van der Waals surface area contributed by atoms with Crippen molar-refractivity contribution < 1.29 is 24.3 Å². The van der Waals surface area contributed by atoms with Crippen LogP contribution < -0.4 is 16.0 Å². The van der Waals surface area contributed by atoms with Gasteiger partial charge < -0.3 is 21.1 Å². The highest BCUT2D eigenvalue weighted by atomic mass is 16.4. The van der Waals surface area contributed by atoms with Gasteiger partial charge in [0.15, 0.2) is 0 Å². The zero-order valence-electron chi connectivity index (χ0n) is 15.1. The summed E-state index contributed by atoms with van der Waals surface area (Å²) >= 11 is 0. The molecule has 0 radical (unpaired) electrons. The molecule has 25 heavy (non-hydrogen) atoms. The van der Waals surface area contributed by atoms with E-state index in [-0.39, 0.29) is 23.8 Å². The van der Waals surface area contributed by atoms with Gasteiger partial charge in [-0.25, -0.2) is 0 Å². The van der Waals surface area contributed by atoms with Crippen LogP contribution in [-0.4, -0.2) is 35.8 Å². The molecule has 4 N–H and O–H groups in total. The number of amides is 3. The molecule has 0 spiro atoms. The summed E-state index contributed by atoms with van der Waals surface area (Å²) in [6.45, 7) is 8.85. The standard InChI is InChI=1S/C14H20N2O2.C3H5NO3/c1-9(17)15-11-6-7-12(14(3,4)5)13(8-11)16-10(2)18;5-2-4-1-3(6)7/h6-8H,1-5H3,(H,15,17)(H,16,18);2H,1H2,(H,4,5)(H,6,7). The maximum absolute atomic E-state index is 11.2. The molecule has 138 valence electrons. The second kappa shape index (κ2) is 10.1. The Hall–Kier alpha value is -2.90. The molecule has 0 aromatic heterocycles. The molecule has 0 unspecified atom stereocenters. The maximum atomic E-state index is 11.2. The Labute approximate surface area is 147 Å². The van der Waals surface area contributed by atoms with E-state index in [4.69, 9.17) is 5.11 Å². The van der Waals surface area contributed by atoms with Crippen molar-refractivity contribution in [2.45, 2.75) is 40.0 Å². The maximum Gasteiger partial charge on any atom is 0.322 e. The first-order valence-corrected chi connectivity index (χ1v) is 7.56. The van der Waals surface area contributed by atoms with Crippen LogP contribution in [-0.2, 0) is 24.6 Å². The van der Waals surface area contributed by atoms with Crippen LogP contribution in [0, 0.1) is 0 Å². The summed E-state index contributed by atoms with van der Waals surface area (Å²) in [5, 5.41) is 15.3. The van der Waals surface area contributed by atoms with Crippen molar-refractivity contribution in [3.05, 3.63) is 23.8 Å². The Morgan fingerprint density at radius 2 is 1.64 bits per heavy atom. The highest BCUT2D eigenvalue weighted by Crippen LogP contribution is 2.31. The van der Waals surface area contributed by atoms with Crippen LogP contribution in [0.2, 0.25) is 0 Å². The van der Waals surface area contributed by atoms with Gasteiger partial charge in [-0.1, -0.05) is 26.8 Å². The van der Waals surface area contributed by atoms with Gasteiger partial charge in [-0.2, -0.15) is 0 Å². The van der Waals surface area contributed by atoms with Gasteiger partial charge in [-0.15, -0.1) is 0 Å². The molecule has 0 bridgehead atoms. The molecule has 0 saturated carbocycles. The van der Waals surface area contributed by atoms with Crippen molar-refractivity contribution in [2.75, 3.05) is 17.2 Å². The molecular formula is C17H25N3O5. The normalized spacial score (nSPS) is 9.96. The highest BCUT2D eigenvalue weighted by molar-refractivity contribution is 5.93. The fraction of sp³-hybridized carbons (Fsp3) is 0.412. The van der Waals surface area contributed by atoms with Crippen molar-refractivity contribution in [3.8, 4) is 0 Å². The average Bonchev–Trinajstić information content (AvgIpc) is 2.43. The summed E-state index contributed by atoms with van der Waals surface area (Å²) in [5.74, 6) is -1.29. The third-order valence-electron chi connectivity index (χ3n) is 2.80. The van der Waals surface area contributed by atoms with Crippen LogP contribution in [0.5, 0.6) is 0 Å². The zero-order valence-corrected chi connectivity index (χ0v) is 15.1. The Kier molecular flexibility index (Phi) is 8.90. The first-order chi connectivity index (χ1) is 11.5. The number of rotatable bonds is 5. The van der Waals surface area contributed by atoms with Gasteiger partial charge in [0.05, 0.1) is 0 Å². The molecule has 8 heteroatoms. The number of carbonyl (C=O) groups is 4. The van der Waals surface area contributed by atoms with E-state index in [1.54, 1.807) is 6.07 Å². The average molecular weight is 351 g/mol. The van der Waals surface area contributed by atoms with E-state index in [2.05, 4.69) is 31.4 Å². The van der Waals surface area contributed by atoms with Crippen LogP contribution in [0.4, 0.5) is 11.4 Å². The Morgan fingerprint density at radius 3 is 2.00 bits per heavy atom. The number of hydrogen-bond donors (Lipinski definition) is 4. The predicted octanol–water partition coefficient (Wildman–Crippen LogP) is 1.72. The molecule has 0 fully saturated rings. The number of carbonyl (C=O) groups excluding carboxylic acids is 3. The summed E-state index contributed by atoms with van der Waals surface area (Å²) in [5.41, 5.74) is 2.37. The largest absolute Gasteiger partial charge is 0.480 e. The van der Waals surface area contributed by atoms with Crippen LogP contribution in [0.3, 0.4) is 0 Å². The second-order valence-corrected chi connectivity index (χ2v) is 6.27. The van der Waals surface area contributed by atoms with E-state index in [9.17, 15) is 19.2 Å². The van der Waals surface area contributed by atoms with E-state index in [0.29, 0.717) is 12.1 Å². The lowest BCUT2D eigenvalue weighted by atomic mass is 9.85. The molecular weight excluding hydrogens is 326 g/mol. The third-order valence-corrected chi connectivity index (χ3v) is 2.80. The number of anilines is 2.